The molecule has 0 heterocycles. The van der Waals surface area contributed by atoms with Crippen molar-refractivity contribution in [2.75, 3.05) is 0 Å². The lowest BCUT2D eigenvalue weighted by Crippen LogP contribution is -1.77. The molecule has 0 atom stereocenters. The van der Waals surface area contributed by atoms with E-state index in [1.807, 2.05) is 12.1 Å². The highest BCUT2D eigenvalue weighted by molar-refractivity contribution is 9.10. The van der Waals surface area contributed by atoms with Crippen LogP contribution in [0.1, 0.15) is 5.56 Å². The Kier molecular flexibility index (Phi) is 2.12. The second-order valence-corrected chi connectivity index (χ2v) is 2.87. The molecule has 1 nitrogen and oxygen atoms in total. The fourth-order valence-corrected chi connectivity index (χ4v) is 0.907. The number of halogens is 1. The molecule has 0 saturated heterocycles. The molecule has 0 aliphatic rings. The first-order valence-corrected chi connectivity index (χ1v) is 3.63. The Morgan fingerprint density at radius 2 is 1.80 bits per heavy atom. The summed E-state index contributed by atoms with van der Waals surface area (Å²) in [6.45, 7) is 3.40. The topological polar surface area (TPSA) is 20.2 Å². The molecular weight excluding hydrogens is 192 g/mol. The summed E-state index contributed by atoms with van der Waals surface area (Å²) < 4.78 is 0.998. The standard InChI is InChI=1S/C8H7BrO/c1-6(10)7-2-4-8(9)5-3-7/h2-5,10H,1H2. The number of aliphatic hydroxyl groups is 1. The summed E-state index contributed by atoms with van der Waals surface area (Å²) in [4.78, 5) is 0. The summed E-state index contributed by atoms with van der Waals surface area (Å²) in [5.74, 6) is 0.104. The van der Waals surface area contributed by atoms with Crippen LogP contribution in [0, 0.1) is 0 Å². The van der Waals surface area contributed by atoms with Crippen molar-refractivity contribution in [3.05, 3.63) is 40.9 Å². The summed E-state index contributed by atoms with van der Waals surface area (Å²) in [5, 5.41) is 8.90. The number of hydrogen-bond acceptors (Lipinski definition) is 1. The summed E-state index contributed by atoms with van der Waals surface area (Å²) in [6.07, 6.45) is 0. The van der Waals surface area contributed by atoms with Gasteiger partial charge in [0.25, 0.3) is 0 Å². The summed E-state index contributed by atoms with van der Waals surface area (Å²) in [7, 11) is 0. The van der Waals surface area contributed by atoms with E-state index >= 15 is 0 Å². The molecule has 0 spiro atoms. The molecular formula is C8H7BrO. The third kappa shape index (κ3) is 1.61. The van der Waals surface area contributed by atoms with Crippen molar-refractivity contribution in [1.82, 2.24) is 0 Å². The van der Waals surface area contributed by atoms with Gasteiger partial charge in [0.05, 0.1) is 0 Å². The van der Waals surface area contributed by atoms with E-state index in [1.54, 1.807) is 12.1 Å². The minimum atomic E-state index is 0.104. The fraction of sp³-hybridized carbons (Fsp3) is 0. The van der Waals surface area contributed by atoms with E-state index in [1.165, 1.54) is 0 Å². The molecule has 1 aromatic rings. The Hall–Kier alpha value is -0.760. The first-order valence-electron chi connectivity index (χ1n) is 2.84. The molecule has 0 radical (unpaired) electrons. The van der Waals surface area contributed by atoms with Gasteiger partial charge in [-0.2, -0.15) is 0 Å². The molecule has 52 valence electrons. The van der Waals surface area contributed by atoms with Crippen LogP contribution in [0.15, 0.2) is 35.3 Å². The monoisotopic (exact) mass is 198 g/mol. The molecule has 1 rings (SSSR count). The predicted octanol–water partition coefficient (Wildman–Crippen LogP) is 2.98. The minimum Gasteiger partial charge on any atom is -0.508 e. The Balaban J connectivity index is 3.00. The van der Waals surface area contributed by atoms with Gasteiger partial charge in [0.1, 0.15) is 5.76 Å². The molecule has 0 amide bonds. The molecule has 0 aliphatic heterocycles. The van der Waals surface area contributed by atoms with Crippen molar-refractivity contribution < 1.29 is 5.11 Å². The van der Waals surface area contributed by atoms with Crippen LogP contribution in [-0.4, -0.2) is 5.11 Å². The Morgan fingerprint density at radius 3 is 2.20 bits per heavy atom. The van der Waals surface area contributed by atoms with Crippen LogP contribution in [0.3, 0.4) is 0 Å². The highest BCUT2D eigenvalue weighted by atomic mass is 79.9. The largest absolute Gasteiger partial charge is 0.508 e. The van der Waals surface area contributed by atoms with Crippen molar-refractivity contribution in [2.45, 2.75) is 0 Å². The van der Waals surface area contributed by atoms with Crippen molar-refractivity contribution in [3.8, 4) is 0 Å². The highest BCUT2D eigenvalue weighted by Gasteiger charge is 1.92. The fourth-order valence-electron chi connectivity index (χ4n) is 0.642. The van der Waals surface area contributed by atoms with Gasteiger partial charge in [0.15, 0.2) is 0 Å². The lowest BCUT2D eigenvalue weighted by Gasteiger charge is -1.96. The van der Waals surface area contributed by atoms with E-state index in [-0.39, 0.29) is 5.76 Å². The molecule has 0 unspecified atom stereocenters. The lowest BCUT2D eigenvalue weighted by atomic mass is 10.2. The zero-order chi connectivity index (χ0) is 7.56. The van der Waals surface area contributed by atoms with Gasteiger partial charge in [-0.05, 0) is 12.1 Å². The van der Waals surface area contributed by atoms with E-state index in [0.717, 1.165) is 10.0 Å². The summed E-state index contributed by atoms with van der Waals surface area (Å²) in [6, 6.07) is 7.31. The molecule has 10 heavy (non-hydrogen) atoms. The van der Waals surface area contributed by atoms with Gasteiger partial charge in [-0.3, -0.25) is 0 Å². The number of hydrogen-bond donors (Lipinski definition) is 1. The first kappa shape index (κ1) is 7.35. The third-order valence-electron chi connectivity index (χ3n) is 1.18. The molecule has 1 aromatic carbocycles. The Labute approximate surface area is 68.1 Å². The lowest BCUT2D eigenvalue weighted by molar-refractivity contribution is 0.514. The average Bonchev–Trinajstić information content (AvgIpc) is 1.88. The zero-order valence-corrected chi connectivity index (χ0v) is 6.93. The highest BCUT2D eigenvalue weighted by Crippen LogP contribution is 2.13. The van der Waals surface area contributed by atoms with Crippen molar-refractivity contribution in [1.29, 1.82) is 0 Å². The maximum absolute atomic E-state index is 8.90. The molecule has 0 aliphatic carbocycles. The van der Waals surface area contributed by atoms with Crippen LogP contribution in [-0.2, 0) is 0 Å². The van der Waals surface area contributed by atoms with Gasteiger partial charge in [-0.25, -0.2) is 0 Å². The van der Waals surface area contributed by atoms with Gasteiger partial charge in [0, 0.05) is 10.0 Å². The average molecular weight is 199 g/mol. The van der Waals surface area contributed by atoms with Gasteiger partial charge in [0.2, 0.25) is 0 Å². The van der Waals surface area contributed by atoms with E-state index in [0.29, 0.717) is 0 Å². The third-order valence-corrected chi connectivity index (χ3v) is 1.71. The second kappa shape index (κ2) is 2.88. The van der Waals surface area contributed by atoms with Crippen LogP contribution < -0.4 is 0 Å². The zero-order valence-electron chi connectivity index (χ0n) is 5.34. The van der Waals surface area contributed by atoms with Crippen LogP contribution in [0.25, 0.3) is 5.76 Å². The van der Waals surface area contributed by atoms with Gasteiger partial charge >= 0.3 is 0 Å². The molecule has 0 fully saturated rings. The first-order chi connectivity index (χ1) is 4.70. The molecule has 0 aromatic heterocycles. The molecule has 0 saturated carbocycles. The van der Waals surface area contributed by atoms with Gasteiger partial charge in [-0.1, -0.05) is 34.6 Å². The SMILES string of the molecule is C=C(O)c1ccc(Br)cc1. The van der Waals surface area contributed by atoms with E-state index < -0.39 is 0 Å². The predicted molar refractivity (Wildman–Crippen MR) is 45.8 cm³/mol. The molecule has 2 heteroatoms. The van der Waals surface area contributed by atoms with Crippen LogP contribution in [0.2, 0.25) is 0 Å². The summed E-state index contributed by atoms with van der Waals surface area (Å²) >= 11 is 3.28. The Bertz CT molecular complexity index is 238. The smallest absolute Gasteiger partial charge is 0.115 e. The van der Waals surface area contributed by atoms with Crippen molar-refractivity contribution >= 4 is 21.7 Å². The van der Waals surface area contributed by atoms with Crippen molar-refractivity contribution in [2.24, 2.45) is 0 Å². The van der Waals surface area contributed by atoms with E-state index in [4.69, 9.17) is 5.11 Å². The molecule has 0 bridgehead atoms. The number of rotatable bonds is 1. The number of benzene rings is 1. The normalized spacial score (nSPS) is 9.30. The maximum atomic E-state index is 8.90. The summed E-state index contributed by atoms with van der Waals surface area (Å²) in [5.41, 5.74) is 0.753. The quantitative estimate of drug-likeness (QED) is 0.689. The maximum Gasteiger partial charge on any atom is 0.115 e. The van der Waals surface area contributed by atoms with Crippen LogP contribution in [0.5, 0.6) is 0 Å². The van der Waals surface area contributed by atoms with Crippen LogP contribution in [0.4, 0.5) is 0 Å². The number of aliphatic hydroxyl groups excluding tert-OH is 1. The van der Waals surface area contributed by atoms with E-state index in [9.17, 15) is 0 Å². The van der Waals surface area contributed by atoms with E-state index in [2.05, 4.69) is 22.5 Å². The van der Waals surface area contributed by atoms with Crippen LogP contribution >= 0.6 is 15.9 Å². The van der Waals surface area contributed by atoms with Crippen molar-refractivity contribution in [3.63, 3.8) is 0 Å². The van der Waals surface area contributed by atoms with Gasteiger partial charge in [-0.15, -0.1) is 0 Å². The Morgan fingerprint density at radius 1 is 1.30 bits per heavy atom. The minimum absolute atomic E-state index is 0.104. The molecule has 1 N–H and O–H groups in total. The second-order valence-electron chi connectivity index (χ2n) is 1.95. The van der Waals surface area contributed by atoms with Gasteiger partial charge < -0.3 is 5.11 Å².